The molecule has 1 N–H and O–H groups in total. The minimum absolute atomic E-state index is 0.0178. The molecule has 2 heterocycles. The molecule has 0 bridgehead atoms. The number of nitrogens with one attached hydrogen (secondary N) is 1. The molecule has 0 aliphatic carbocycles. The highest BCUT2D eigenvalue weighted by atomic mass is 35.5. The lowest BCUT2D eigenvalue weighted by atomic mass is 10.1. The Labute approximate surface area is 168 Å². The highest BCUT2D eigenvalue weighted by molar-refractivity contribution is 7.91. The van der Waals surface area contributed by atoms with Gasteiger partial charge in [-0.25, -0.2) is 13.1 Å². The normalized spacial score (nSPS) is 18.6. The molecule has 28 heavy (non-hydrogen) atoms. The van der Waals surface area contributed by atoms with Crippen LogP contribution in [0.4, 0.5) is 5.69 Å². The summed E-state index contributed by atoms with van der Waals surface area (Å²) in [7, 11) is -3.09. The van der Waals surface area contributed by atoms with Crippen molar-refractivity contribution in [2.45, 2.75) is 26.3 Å². The molecule has 0 unspecified atom stereocenters. The Morgan fingerprint density at radius 1 is 1.36 bits per heavy atom. The van der Waals surface area contributed by atoms with E-state index in [0.29, 0.717) is 23.4 Å². The van der Waals surface area contributed by atoms with Gasteiger partial charge in [-0.15, -0.1) is 0 Å². The van der Waals surface area contributed by atoms with Gasteiger partial charge in [0.15, 0.2) is 9.84 Å². The van der Waals surface area contributed by atoms with Crippen molar-refractivity contribution in [2.75, 3.05) is 16.8 Å². The van der Waals surface area contributed by atoms with E-state index >= 15 is 0 Å². The van der Waals surface area contributed by atoms with E-state index in [2.05, 4.69) is 10.4 Å². The number of carbonyl (C=O) groups excluding carboxylic acids is 1. The van der Waals surface area contributed by atoms with E-state index in [1.165, 1.54) is 10.8 Å². The molecule has 2 aromatic rings. The minimum Gasteiger partial charge on any atom is -0.321 e. The summed E-state index contributed by atoms with van der Waals surface area (Å²) in [6.45, 7) is 3.63. The first-order chi connectivity index (χ1) is 13.2. The van der Waals surface area contributed by atoms with Crippen LogP contribution < -0.4 is 5.32 Å². The van der Waals surface area contributed by atoms with Crippen LogP contribution in [0.3, 0.4) is 0 Å². The van der Waals surface area contributed by atoms with E-state index in [1.54, 1.807) is 19.1 Å². The second-order valence-electron chi connectivity index (χ2n) is 6.78. The SMILES string of the molecule is Cc1ccc(NC(=O)/C(C#N)=C/c2c(C)nn([C@@H]3CCS(=O)(=O)C3)c2Cl)cc1. The van der Waals surface area contributed by atoms with E-state index in [0.717, 1.165) is 5.56 Å². The molecule has 7 nitrogen and oxygen atoms in total. The number of aromatic nitrogens is 2. The first kappa shape index (κ1) is 20.1. The molecule has 1 aliphatic rings. The van der Waals surface area contributed by atoms with Gasteiger partial charge in [-0.2, -0.15) is 10.4 Å². The fourth-order valence-electron chi connectivity index (χ4n) is 3.03. The predicted octanol–water partition coefficient (Wildman–Crippen LogP) is 3.06. The molecule has 146 valence electrons. The standard InChI is InChI=1S/C19H19ClN4O3S/c1-12-3-5-15(6-4-12)22-19(25)14(10-21)9-17-13(2)23-24(18(17)20)16-7-8-28(26,27)11-16/h3-6,9,16H,7-8,11H2,1-2H3,(H,22,25)/b14-9+/t16-/m1/s1. The molecule has 1 saturated heterocycles. The highest BCUT2D eigenvalue weighted by Gasteiger charge is 2.32. The van der Waals surface area contributed by atoms with E-state index in [-0.39, 0.29) is 28.3 Å². The molecule has 1 atom stereocenters. The highest BCUT2D eigenvalue weighted by Crippen LogP contribution is 2.31. The first-order valence-electron chi connectivity index (χ1n) is 8.65. The van der Waals surface area contributed by atoms with E-state index in [4.69, 9.17) is 11.6 Å². The number of halogens is 1. The Bertz CT molecular complexity index is 1100. The zero-order valence-electron chi connectivity index (χ0n) is 15.4. The van der Waals surface area contributed by atoms with Gasteiger partial charge in [0.05, 0.1) is 23.2 Å². The van der Waals surface area contributed by atoms with Crippen LogP contribution >= 0.6 is 11.6 Å². The topological polar surface area (TPSA) is 105 Å². The van der Waals surface area contributed by atoms with Crippen molar-refractivity contribution >= 4 is 39.1 Å². The fourth-order valence-corrected chi connectivity index (χ4v) is 5.09. The minimum atomic E-state index is -3.09. The van der Waals surface area contributed by atoms with Crippen molar-refractivity contribution in [3.8, 4) is 6.07 Å². The maximum absolute atomic E-state index is 12.5. The zero-order chi connectivity index (χ0) is 20.5. The van der Waals surface area contributed by atoms with Gasteiger partial charge in [-0.1, -0.05) is 29.3 Å². The van der Waals surface area contributed by atoms with Gasteiger partial charge in [-0.05, 0) is 38.5 Å². The van der Waals surface area contributed by atoms with Crippen molar-refractivity contribution in [3.05, 3.63) is 51.8 Å². The molecule has 1 aromatic heterocycles. The molecule has 3 rings (SSSR count). The number of carbonyl (C=O) groups is 1. The largest absolute Gasteiger partial charge is 0.321 e. The lowest BCUT2D eigenvalue weighted by Crippen LogP contribution is -2.13. The summed E-state index contributed by atoms with van der Waals surface area (Å²) in [6.07, 6.45) is 1.82. The van der Waals surface area contributed by atoms with Crippen LogP contribution in [-0.4, -0.2) is 35.6 Å². The summed E-state index contributed by atoms with van der Waals surface area (Å²) >= 11 is 6.41. The maximum atomic E-state index is 12.5. The quantitative estimate of drug-likeness (QED) is 0.606. The Kier molecular flexibility index (Phi) is 5.59. The van der Waals surface area contributed by atoms with Crippen molar-refractivity contribution in [3.63, 3.8) is 0 Å². The number of nitrogens with zero attached hydrogens (tertiary/aromatic N) is 3. The average molecular weight is 419 g/mol. The number of aryl methyl sites for hydroxylation is 2. The molecule has 0 radical (unpaired) electrons. The van der Waals surface area contributed by atoms with Crippen molar-refractivity contribution in [1.82, 2.24) is 9.78 Å². The number of amides is 1. The number of benzene rings is 1. The van der Waals surface area contributed by atoms with Crippen LogP contribution in [0.15, 0.2) is 29.8 Å². The van der Waals surface area contributed by atoms with Crippen LogP contribution in [0.5, 0.6) is 0 Å². The smallest absolute Gasteiger partial charge is 0.266 e. The predicted molar refractivity (Wildman–Crippen MR) is 108 cm³/mol. The Morgan fingerprint density at radius 2 is 2.04 bits per heavy atom. The van der Waals surface area contributed by atoms with E-state index in [1.807, 2.05) is 25.1 Å². The molecule has 1 fully saturated rings. The van der Waals surface area contributed by atoms with E-state index < -0.39 is 15.7 Å². The molecular formula is C19H19ClN4O3S. The molecule has 1 aromatic carbocycles. The summed E-state index contributed by atoms with van der Waals surface area (Å²) in [5.74, 6) is -0.478. The number of anilines is 1. The molecule has 0 saturated carbocycles. The van der Waals surface area contributed by atoms with Crippen molar-refractivity contribution in [2.24, 2.45) is 0 Å². The number of sulfone groups is 1. The van der Waals surface area contributed by atoms with Crippen LogP contribution in [0.1, 0.15) is 29.3 Å². The lowest BCUT2D eigenvalue weighted by Gasteiger charge is -2.09. The third-order valence-electron chi connectivity index (χ3n) is 4.59. The molecule has 1 aliphatic heterocycles. The van der Waals surface area contributed by atoms with Gasteiger partial charge in [0, 0.05) is 11.3 Å². The number of rotatable bonds is 4. The van der Waals surface area contributed by atoms with Crippen LogP contribution in [0, 0.1) is 25.2 Å². The molecule has 1 amide bonds. The molecular weight excluding hydrogens is 400 g/mol. The van der Waals surface area contributed by atoms with E-state index in [9.17, 15) is 18.5 Å². The number of hydrogen-bond donors (Lipinski definition) is 1. The summed E-state index contributed by atoms with van der Waals surface area (Å²) in [5, 5.41) is 16.6. The van der Waals surface area contributed by atoms with Crippen LogP contribution in [0.25, 0.3) is 6.08 Å². The first-order valence-corrected chi connectivity index (χ1v) is 10.8. The second-order valence-corrected chi connectivity index (χ2v) is 9.37. The number of nitriles is 1. The molecule has 0 spiro atoms. The summed E-state index contributed by atoms with van der Waals surface area (Å²) in [4.78, 5) is 12.5. The molecule has 9 heteroatoms. The second kappa shape index (κ2) is 7.78. The zero-order valence-corrected chi connectivity index (χ0v) is 17.0. The Hall–Kier alpha value is -2.63. The van der Waals surface area contributed by atoms with Gasteiger partial charge in [0.1, 0.15) is 16.8 Å². The maximum Gasteiger partial charge on any atom is 0.266 e. The van der Waals surface area contributed by atoms with Crippen LogP contribution in [-0.2, 0) is 14.6 Å². The van der Waals surface area contributed by atoms with Gasteiger partial charge in [-0.3, -0.25) is 4.79 Å². The number of hydrogen-bond acceptors (Lipinski definition) is 5. The van der Waals surface area contributed by atoms with Crippen LogP contribution in [0.2, 0.25) is 5.15 Å². The monoisotopic (exact) mass is 418 g/mol. The summed E-state index contributed by atoms with van der Waals surface area (Å²) in [5.41, 5.74) is 2.46. The van der Waals surface area contributed by atoms with Gasteiger partial charge >= 0.3 is 0 Å². The van der Waals surface area contributed by atoms with Gasteiger partial charge < -0.3 is 5.32 Å². The average Bonchev–Trinajstić information content (AvgIpc) is 3.14. The van der Waals surface area contributed by atoms with Gasteiger partial charge in [0.25, 0.3) is 5.91 Å². The van der Waals surface area contributed by atoms with Gasteiger partial charge in [0.2, 0.25) is 0 Å². The third kappa shape index (κ3) is 4.26. The summed E-state index contributed by atoms with van der Waals surface area (Å²) < 4.78 is 24.9. The van der Waals surface area contributed by atoms with Crippen molar-refractivity contribution in [1.29, 1.82) is 5.26 Å². The lowest BCUT2D eigenvalue weighted by molar-refractivity contribution is -0.112. The Morgan fingerprint density at radius 3 is 2.61 bits per heavy atom. The summed E-state index contributed by atoms with van der Waals surface area (Å²) in [6, 6.07) is 8.75. The van der Waals surface area contributed by atoms with Crippen molar-refractivity contribution < 1.29 is 13.2 Å². The Balaban J connectivity index is 1.87. The third-order valence-corrected chi connectivity index (χ3v) is 6.72. The fraction of sp³-hybridized carbons (Fsp3) is 0.316.